The van der Waals surface area contributed by atoms with Gasteiger partial charge in [-0.25, -0.2) is 0 Å². The molecule has 0 aromatic carbocycles. The third-order valence-corrected chi connectivity index (χ3v) is 4.99. The average Bonchev–Trinajstić information content (AvgIpc) is 2.30. The average molecular weight is 219 g/mol. The van der Waals surface area contributed by atoms with Crippen molar-refractivity contribution in [1.29, 1.82) is 5.26 Å². The minimum absolute atomic E-state index is 0.00123. The van der Waals surface area contributed by atoms with Crippen LogP contribution in [0.4, 0.5) is 0 Å². The zero-order valence-corrected chi connectivity index (χ0v) is 10.8. The summed E-state index contributed by atoms with van der Waals surface area (Å²) in [6, 6.07) is 2.55. The van der Waals surface area contributed by atoms with Crippen molar-refractivity contribution >= 4 is 0 Å². The molecule has 2 aliphatic rings. The summed E-state index contributed by atoms with van der Waals surface area (Å²) in [7, 11) is 0. The van der Waals surface area contributed by atoms with Crippen LogP contribution in [0.25, 0.3) is 0 Å². The fourth-order valence-corrected chi connectivity index (χ4v) is 4.00. The first-order valence-electron chi connectivity index (χ1n) is 7.08. The van der Waals surface area contributed by atoms with Crippen LogP contribution in [0.3, 0.4) is 0 Å². The van der Waals surface area contributed by atoms with Gasteiger partial charge in [-0.1, -0.05) is 26.2 Å². The van der Waals surface area contributed by atoms with Crippen molar-refractivity contribution in [3.05, 3.63) is 0 Å². The summed E-state index contributed by atoms with van der Waals surface area (Å²) >= 11 is 0. The van der Waals surface area contributed by atoms with Crippen LogP contribution in [-0.2, 0) is 0 Å². The smallest absolute Gasteiger partial charge is 0.0686 e. The van der Waals surface area contributed by atoms with Gasteiger partial charge in [0.15, 0.2) is 0 Å². The lowest BCUT2D eigenvalue weighted by atomic mass is 9.60. The molecule has 0 saturated heterocycles. The molecule has 2 rings (SSSR count). The molecule has 4 unspecified atom stereocenters. The van der Waals surface area contributed by atoms with E-state index in [9.17, 15) is 5.26 Å². The molecule has 0 amide bonds. The van der Waals surface area contributed by atoms with Crippen LogP contribution in [-0.4, -0.2) is 0 Å². The fraction of sp³-hybridized carbons (Fsp3) is 0.933. The Balaban J connectivity index is 1.93. The summed E-state index contributed by atoms with van der Waals surface area (Å²) in [5, 5.41) is 9.23. The van der Waals surface area contributed by atoms with E-state index in [-0.39, 0.29) is 5.41 Å². The van der Waals surface area contributed by atoms with Crippen LogP contribution < -0.4 is 0 Å². The molecule has 1 heteroatoms. The van der Waals surface area contributed by atoms with Crippen LogP contribution in [0.15, 0.2) is 0 Å². The van der Waals surface area contributed by atoms with Gasteiger partial charge >= 0.3 is 0 Å². The van der Waals surface area contributed by atoms with Crippen molar-refractivity contribution in [2.45, 2.75) is 65.2 Å². The van der Waals surface area contributed by atoms with E-state index in [0.29, 0.717) is 0 Å². The quantitative estimate of drug-likeness (QED) is 0.669. The molecule has 4 atom stereocenters. The van der Waals surface area contributed by atoms with Gasteiger partial charge in [-0.15, -0.1) is 0 Å². The van der Waals surface area contributed by atoms with E-state index >= 15 is 0 Å². The molecule has 2 saturated carbocycles. The lowest BCUT2D eigenvalue weighted by Crippen LogP contribution is -2.35. The second-order valence-electron chi connectivity index (χ2n) is 6.40. The largest absolute Gasteiger partial charge is 0.198 e. The van der Waals surface area contributed by atoms with E-state index in [1.165, 1.54) is 44.9 Å². The number of hydrogen-bond donors (Lipinski definition) is 0. The summed E-state index contributed by atoms with van der Waals surface area (Å²) in [6.07, 6.45) is 10.7. The Hall–Kier alpha value is -0.510. The first kappa shape index (κ1) is 12.0. The fourth-order valence-electron chi connectivity index (χ4n) is 4.00. The van der Waals surface area contributed by atoms with Crippen molar-refractivity contribution in [2.75, 3.05) is 0 Å². The maximum Gasteiger partial charge on any atom is 0.0686 e. The Morgan fingerprint density at radius 1 is 1.25 bits per heavy atom. The molecule has 0 heterocycles. The highest BCUT2D eigenvalue weighted by atomic mass is 14.5. The zero-order valence-electron chi connectivity index (χ0n) is 10.8. The topological polar surface area (TPSA) is 23.8 Å². The Morgan fingerprint density at radius 3 is 2.75 bits per heavy atom. The molecule has 0 spiro atoms. The molecule has 90 valence electrons. The zero-order chi connectivity index (χ0) is 11.6. The van der Waals surface area contributed by atoms with Gasteiger partial charge in [0.1, 0.15) is 0 Å². The predicted molar refractivity (Wildman–Crippen MR) is 66.8 cm³/mol. The molecule has 0 bridgehead atoms. The molecule has 0 radical (unpaired) electrons. The first-order valence-corrected chi connectivity index (χ1v) is 7.08. The number of nitriles is 1. The third kappa shape index (κ3) is 2.42. The van der Waals surface area contributed by atoms with E-state index in [4.69, 9.17) is 0 Å². The van der Waals surface area contributed by atoms with Crippen molar-refractivity contribution in [3.63, 3.8) is 0 Å². The molecule has 2 aliphatic carbocycles. The van der Waals surface area contributed by atoms with Gasteiger partial charge in [0, 0.05) is 0 Å². The third-order valence-electron chi connectivity index (χ3n) is 4.99. The second-order valence-corrected chi connectivity index (χ2v) is 6.40. The van der Waals surface area contributed by atoms with Gasteiger partial charge < -0.3 is 0 Å². The van der Waals surface area contributed by atoms with Gasteiger partial charge in [0.2, 0.25) is 0 Å². The normalized spacial score (nSPS) is 43.4. The maximum absolute atomic E-state index is 9.23. The summed E-state index contributed by atoms with van der Waals surface area (Å²) in [5.41, 5.74) is -0.00123. The molecular weight excluding hydrogens is 194 g/mol. The minimum atomic E-state index is -0.00123. The van der Waals surface area contributed by atoms with Gasteiger partial charge in [-0.2, -0.15) is 5.26 Å². The maximum atomic E-state index is 9.23. The lowest BCUT2D eigenvalue weighted by molar-refractivity contribution is 0.0755. The SMILES string of the molecule is CCCC1CCC2CC(C)(C#N)CCC2C1. The van der Waals surface area contributed by atoms with Crippen molar-refractivity contribution in [3.8, 4) is 6.07 Å². The van der Waals surface area contributed by atoms with Gasteiger partial charge in [0.05, 0.1) is 11.5 Å². The Kier molecular flexibility index (Phi) is 3.57. The van der Waals surface area contributed by atoms with Crippen molar-refractivity contribution < 1.29 is 0 Å². The van der Waals surface area contributed by atoms with E-state index in [0.717, 1.165) is 24.2 Å². The molecule has 0 N–H and O–H groups in total. The van der Waals surface area contributed by atoms with Gasteiger partial charge in [0.25, 0.3) is 0 Å². The van der Waals surface area contributed by atoms with E-state index < -0.39 is 0 Å². The van der Waals surface area contributed by atoms with Crippen LogP contribution in [0.1, 0.15) is 65.2 Å². The minimum Gasteiger partial charge on any atom is -0.198 e. The van der Waals surface area contributed by atoms with Crippen LogP contribution >= 0.6 is 0 Å². The second kappa shape index (κ2) is 4.78. The first-order chi connectivity index (χ1) is 7.67. The Bertz CT molecular complexity index is 278. The number of fused-ring (bicyclic) bond motifs is 1. The molecule has 0 aromatic heterocycles. The summed E-state index contributed by atoms with van der Waals surface area (Å²) in [5.74, 6) is 2.82. The van der Waals surface area contributed by atoms with Crippen LogP contribution in [0.2, 0.25) is 0 Å². The highest BCUT2D eigenvalue weighted by Gasteiger charge is 2.40. The molecule has 0 aromatic rings. The standard InChI is InChI=1S/C15H25N/c1-3-4-12-5-6-14-10-15(2,11-16)8-7-13(14)9-12/h12-14H,3-10H2,1-2H3. The summed E-state index contributed by atoms with van der Waals surface area (Å²) < 4.78 is 0. The van der Waals surface area contributed by atoms with E-state index in [1.807, 2.05) is 0 Å². The highest BCUT2D eigenvalue weighted by molar-refractivity contribution is 5.01. The Morgan fingerprint density at radius 2 is 2.06 bits per heavy atom. The predicted octanol–water partition coefficient (Wildman–Crippen LogP) is 4.53. The summed E-state index contributed by atoms with van der Waals surface area (Å²) in [6.45, 7) is 4.47. The molecule has 0 aliphatic heterocycles. The van der Waals surface area contributed by atoms with Crippen LogP contribution in [0, 0.1) is 34.5 Å². The molecule has 16 heavy (non-hydrogen) atoms. The molecular formula is C15H25N. The number of hydrogen-bond acceptors (Lipinski definition) is 1. The van der Waals surface area contributed by atoms with Crippen molar-refractivity contribution in [1.82, 2.24) is 0 Å². The van der Waals surface area contributed by atoms with E-state index in [1.54, 1.807) is 0 Å². The van der Waals surface area contributed by atoms with Gasteiger partial charge in [-0.3, -0.25) is 0 Å². The molecule has 2 fully saturated rings. The Labute approximate surface area is 100 Å². The van der Waals surface area contributed by atoms with Gasteiger partial charge in [-0.05, 0) is 56.8 Å². The number of rotatable bonds is 2. The highest BCUT2D eigenvalue weighted by Crippen LogP contribution is 2.49. The number of nitrogens with zero attached hydrogens (tertiary/aromatic N) is 1. The monoisotopic (exact) mass is 219 g/mol. The summed E-state index contributed by atoms with van der Waals surface area (Å²) in [4.78, 5) is 0. The lowest BCUT2D eigenvalue weighted by Gasteiger charge is -2.44. The van der Waals surface area contributed by atoms with E-state index in [2.05, 4.69) is 19.9 Å². The molecule has 1 nitrogen and oxygen atoms in total. The van der Waals surface area contributed by atoms with Crippen LogP contribution in [0.5, 0.6) is 0 Å². The van der Waals surface area contributed by atoms with Crippen molar-refractivity contribution in [2.24, 2.45) is 23.2 Å².